The standard InChI is InChI=1S/C14H16O3S2/c1-9-7-11-10(8-13(18-3)19(4)15)5-6-12(16-2)14(11)17-9/h5-8H,1-4H3/b13-8+. The van der Waals surface area contributed by atoms with Crippen molar-refractivity contribution in [2.75, 3.05) is 19.6 Å². The van der Waals surface area contributed by atoms with E-state index in [4.69, 9.17) is 9.15 Å². The Morgan fingerprint density at radius 3 is 2.79 bits per heavy atom. The Balaban J connectivity index is 2.65. The number of benzene rings is 1. The minimum absolute atomic E-state index is 0.712. The second-order valence-electron chi connectivity index (χ2n) is 4.08. The summed E-state index contributed by atoms with van der Waals surface area (Å²) in [6.07, 6.45) is 5.55. The van der Waals surface area contributed by atoms with Gasteiger partial charge in [0, 0.05) is 11.6 Å². The van der Waals surface area contributed by atoms with Gasteiger partial charge in [0.1, 0.15) is 5.76 Å². The molecule has 0 amide bonds. The van der Waals surface area contributed by atoms with Crippen molar-refractivity contribution >= 4 is 39.6 Å². The van der Waals surface area contributed by atoms with E-state index in [1.165, 1.54) is 11.8 Å². The Hall–Kier alpha value is -1.20. The van der Waals surface area contributed by atoms with Crippen molar-refractivity contribution in [2.24, 2.45) is 0 Å². The van der Waals surface area contributed by atoms with Gasteiger partial charge in [-0.2, -0.15) is 0 Å². The number of ether oxygens (including phenoxy) is 1. The summed E-state index contributed by atoms with van der Waals surface area (Å²) in [5.74, 6) is 1.54. The van der Waals surface area contributed by atoms with Crippen molar-refractivity contribution in [1.82, 2.24) is 0 Å². The molecule has 5 heteroatoms. The molecule has 102 valence electrons. The van der Waals surface area contributed by atoms with E-state index in [9.17, 15) is 4.21 Å². The largest absolute Gasteiger partial charge is 0.493 e. The molecule has 0 aliphatic carbocycles. The summed E-state index contributed by atoms with van der Waals surface area (Å²) in [7, 11) is 0.637. The Kier molecular flexibility index (Phi) is 4.37. The predicted octanol–water partition coefficient (Wildman–Crippen LogP) is 3.79. The number of thioether (sulfide) groups is 1. The topological polar surface area (TPSA) is 39.4 Å². The zero-order valence-corrected chi connectivity index (χ0v) is 13.0. The highest BCUT2D eigenvalue weighted by molar-refractivity contribution is 8.16. The van der Waals surface area contributed by atoms with Gasteiger partial charge in [-0.25, -0.2) is 0 Å². The zero-order chi connectivity index (χ0) is 14.0. The fourth-order valence-electron chi connectivity index (χ4n) is 1.92. The first-order valence-corrected chi connectivity index (χ1v) is 8.51. The molecule has 0 spiro atoms. The van der Waals surface area contributed by atoms with Crippen LogP contribution in [-0.2, 0) is 10.8 Å². The molecule has 0 saturated heterocycles. The lowest BCUT2D eigenvalue weighted by Crippen LogP contribution is -1.88. The number of hydrogen-bond donors (Lipinski definition) is 0. The van der Waals surface area contributed by atoms with Gasteiger partial charge in [-0.15, -0.1) is 11.8 Å². The molecule has 3 nitrogen and oxygen atoms in total. The fourth-order valence-corrected chi connectivity index (χ4v) is 3.39. The first-order valence-electron chi connectivity index (χ1n) is 5.73. The molecule has 19 heavy (non-hydrogen) atoms. The molecule has 0 fully saturated rings. The van der Waals surface area contributed by atoms with Crippen LogP contribution in [0.2, 0.25) is 0 Å². The normalized spacial score (nSPS) is 13.8. The minimum atomic E-state index is -0.985. The quantitative estimate of drug-likeness (QED) is 0.860. The van der Waals surface area contributed by atoms with Gasteiger partial charge in [0.2, 0.25) is 0 Å². The zero-order valence-electron chi connectivity index (χ0n) is 11.4. The van der Waals surface area contributed by atoms with Crippen LogP contribution in [0.3, 0.4) is 0 Å². The van der Waals surface area contributed by atoms with E-state index < -0.39 is 10.8 Å². The maximum Gasteiger partial charge on any atom is 0.176 e. The van der Waals surface area contributed by atoms with Crippen LogP contribution in [0.1, 0.15) is 11.3 Å². The molecule has 0 N–H and O–H groups in total. The molecule has 1 aromatic carbocycles. The Morgan fingerprint density at radius 1 is 1.47 bits per heavy atom. The van der Waals surface area contributed by atoms with E-state index in [1.54, 1.807) is 13.4 Å². The van der Waals surface area contributed by atoms with Gasteiger partial charge < -0.3 is 9.15 Å². The Bertz CT molecular complexity index is 656. The van der Waals surface area contributed by atoms with Crippen molar-refractivity contribution in [3.8, 4) is 5.75 Å². The Labute approximate surface area is 119 Å². The van der Waals surface area contributed by atoms with E-state index in [2.05, 4.69) is 0 Å². The number of fused-ring (bicyclic) bond motifs is 1. The summed E-state index contributed by atoms with van der Waals surface area (Å²) < 4.78 is 23.4. The van der Waals surface area contributed by atoms with Crippen molar-refractivity contribution in [3.63, 3.8) is 0 Å². The highest BCUT2D eigenvalue weighted by atomic mass is 32.2. The summed E-state index contributed by atoms with van der Waals surface area (Å²) in [4.78, 5) is 0. The first-order chi connectivity index (χ1) is 9.06. The number of furan rings is 1. The molecule has 2 rings (SSSR count). The number of hydrogen-bond acceptors (Lipinski definition) is 4. The predicted molar refractivity (Wildman–Crippen MR) is 83.1 cm³/mol. The molecule has 1 heterocycles. The van der Waals surface area contributed by atoms with Gasteiger partial charge in [0.15, 0.2) is 11.3 Å². The van der Waals surface area contributed by atoms with Crippen molar-refractivity contribution in [2.45, 2.75) is 6.92 Å². The third-order valence-electron chi connectivity index (χ3n) is 2.78. The van der Waals surface area contributed by atoms with Crippen LogP contribution in [0, 0.1) is 6.92 Å². The maximum absolute atomic E-state index is 11.6. The van der Waals surface area contributed by atoms with E-state index >= 15 is 0 Å². The molecule has 0 saturated carbocycles. The van der Waals surface area contributed by atoms with Crippen molar-refractivity contribution < 1.29 is 13.4 Å². The molecule has 1 unspecified atom stereocenters. The van der Waals surface area contributed by atoms with E-state index in [1.807, 2.05) is 37.5 Å². The SMILES string of the molecule is COc1ccc(/C=C(\SC)S(C)=O)c2cc(C)oc12. The van der Waals surface area contributed by atoms with E-state index in [-0.39, 0.29) is 0 Å². The van der Waals surface area contributed by atoms with E-state index in [0.717, 1.165) is 26.5 Å². The monoisotopic (exact) mass is 296 g/mol. The van der Waals surface area contributed by atoms with Crippen LogP contribution < -0.4 is 4.74 Å². The average molecular weight is 296 g/mol. The summed E-state index contributed by atoms with van der Waals surface area (Å²) in [6.45, 7) is 1.90. The summed E-state index contributed by atoms with van der Waals surface area (Å²) in [5, 5.41) is 0.980. The second kappa shape index (κ2) is 5.84. The lowest BCUT2D eigenvalue weighted by atomic mass is 10.1. The number of rotatable bonds is 4. The van der Waals surface area contributed by atoms with Gasteiger partial charge in [-0.1, -0.05) is 6.07 Å². The highest BCUT2D eigenvalue weighted by Gasteiger charge is 2.11. The van der Waals surface area contributed by atoms with Gasteiger partial charge in [0.25, 0.3) is 0 Å². The maximum atomic E-state index is 11.6. The third kappa shape index (κ3) is 2.87. The smallest absolute Gasteiger partial charge is 0.176 e. The summed E-state index contributed by atoms with van der Waals surface area (Å²) in [6, 6.07) is 5.80. The fraction of sp³-hybridized carbons (Fsp3) is 0.286. The first kappa shape index (κ1) is 14.2. The molecule has 0 radical (unpaired) electrons. The van der Waals surface area contributed by atoms with Gasteiger partial charge >= 0.3 is 0 Å². The molecule has 2 aromatic rings. The van der Waals surface area contributed by atoms with Crippen LogP contribution in [0.25, 0.3) is 17.0 Å². The lowest BCUT2D eigenvalue weighted by Gasteiger charge is -2.04. The van der Waals surface area contributed by atoms with Crippen LogP contribution in [0.5, 0.6) is 5.75 Å². The van der Waals surface area contributed by atoms with E-state index in [0.29, 0.717) is 5.75 Å². The molecule has 0 aliphatic heterocycles. The molecule has 0 bridgehead atoms. The minimum Gasteiger partial charge on any atom is -0.493 e. The third-order valence-corrected chi connectivity index (χ3v) is 5.19. The Morgan fingerprint density at radius 2 is 2.21 bits per heavy atom. The molecule has 1 atom stereocenters. The lowest BCUT2D eigenvalue weighted by molar-refractivity contribution is 0.409. The van der Waals surface area contributed by atoms with Crippen LogP contribution >= 0.6 is 11.8 Å². The van der Waals surface area contributed by atoms with Gasteiger partial charge in [-0.3, -0.25) is 4.21 Å². The van der Waals surface area contributed by atoms with Crippen molar-refractivity contribution in [3.05, 3.63) is 33.8 Å². The second-order valence-corrected chi connectivity index (χ2v) is 6.53. The summed E-state index contributed by atoms with van der Waals surface area (Å²) >= 11 is 1.50. The van der Waals surface area contributed by atoms with Gasteiger partial charge in [0.05, 0.1) is 22.1 Å². The number of methoxy groups -OCH3 is 1. The van der Waals surface area contributed by atoms with Crippen molar-refractivity contribution in [1.29, 1.82) is 0 Å². The molecule has 1 aromatic heterocycles. The molecular formula is C14H16O3S2. The average Bonchev–Trinajstić information content (AvgIpc) is 2.76. The van der Waals surface area contributed by atoms with Gasteiger partial charge in [-0.05, 0) is 37.0 Å². The number of aryl methyl sites for hydroxylation is 1. The van der Waals surface area contributed by atoms with Crippen LogP contribution in [0.4, 0.5) is 0 Å². The van der Waals surface area contributed by atoms with Crippen LogP contribution in [0.15, 0.2) is 26.9 Å². The molecular weight excluding hydrogens is 280 g/mol. The van der Waals surface area contributed by atoms with Crippen LogP contribution in [-0.4, -0.2) is 23.8 Å². The highest BCUT2D eigenvalue weighted by Crippen LogP contribution is 2.33. The molecule has 0 aliphatic rings. The summed E-state index contributed by atoms with van der Waals surface area (Å²) in [5.41, 5.74) is 1.73.